The molecule has 9 rings (SSSR count). The molecule has 0 aliphatic carbocycles. The van der Waals surface area contributed by atoms with Crippen molar-refractivity contribution in [3.8, 4) is 11.1 Å². The number of imidazole rings is 1. The van der Waals surface area contributed by atoms with E-state index in [9.17, 15) is 0 Å². The van der Waals surface area contributed by atoms with Crippen LogP contribution < -0.4 is 15.9 Å². The van der Waals surface area contributed by atoms with Crippen LogP contribution in [0.15, 0.2) is 158 Å². The molecule has 0 bridgehead atoms. The lowest BCUT2D eigenvalue weighted by Gasteiger charge is -2.20. The maximum absolute atomic E-state index is 15.0. The van der Waals surface area contributed by atoms with Gasteiger partial charge in [0.15, 0.2) is 7.14 Å². The van der Waals surface area contributed by atoms with Crippen molar-refractivity contribution in [3.05, 3.63) is 158 Å². The topological polar surface area (TPSA) is 47.3 Å². The second-order valence-corrected chi connectivity index (χ2v) is 14.2. The Morgan fingerprint density at radius 2 is 1.18 bits per heavy atom. The fraction of sp³-hybridized carbons (Fsp3) is 0. The Bertz CT molecular complexity index is 2580. The van der Waals surface area contributed by atoms with Crippen LogP contribution >= 0.6 is 7.14 Å². The summed E-state index contributed by atoms with van der Waals surface area (Å²) in [6, 6.07) is 49.4. The number of nitrogens with zero attached hydrogens (tertiary/aromatic N) is 3. The first kappa shape index (κ1) is 25.9. The van der Waals surface area contributed by atoms with Crippen molar-refractivity contribution in [3.63, 3.8) is 0 Å². The summed E-state index contributed by atoms with van der Waals surface area (Å²) >= 11 is 0. The summed E-state index contributed by atoms with van der Waals surface area (Å²) < 4.78 is 17.2. The summed E-state index contributed by atoms with van der Waals surface area (Å²) in [7, 11) is -3.08. The van der Waals surface area contributed by atoms with E-state index in [1.807, 2.05) is 79.1 Å². The van der Waals surface area contributed by atoms with Crippen LogP contribution in [0, 0.1) is 0 Å². The van der Waals surface area contributed by atoms with E-state index < -0.39 is 7.14 Å². The predicted molar refractivity (Wildman–Crippen MR) is 188 cm³/mol. The summed E-state index contributed by atoms with van der Waals surface area (Å²) in [5.41, 5.74) is 6.12. The summed E-state index contributed by atoms with van der Waals surface area (Å²) in [6.07, 6.45) is 3.77. The Balaban J connectivity index is 1.21. The van der Waals surface area contributed by atoms with Gasteiger partial charge in [-0.25, -0.2) is 4.98 Å². The molecule has 0 unspecified atom stereocenters. The Kier molecular flexibility index (Phi) is 5.74. The van der Waals surface area contributed by atoms with Gasteiger partial charge < -0.3 is 4.57 Å². The highest BCUT2D eigenvalue weighted by molar-refractivity contribution is 7.85. The van der Waals surface area contributed by atoms with Crippen molar-refractivity contribution in [2.24, 2.45) is 0 Å². The standard InChI is InChI=1S/C40H26N3OP/c44-45(31-9-3-1-4-10-31,32-11-5-2-6-12-32)33-19-17-27-15-16-28(23-30(27)24-33)29-18-20-38-37(25-29)42-40-36-14-8-7-13-34(36)35-21-22-41-26-39(35)43(38)40/h1-26H. The zero-order chi connectivity index (χ0) is 30.0. The van der Waals surface area contributed by atoms with Gasteiger partial charge in [-0.05, 0) is 57.6 Å². The first-order valence-corrected chi connectivity index (χ1v) is 16.7. The van der Waals surface area contributed by atoms with Gasteiger partial charge in [0.1, 0.15) is 5.65 Å². The number of aromatic nitrogens is 3. The average molecular weight is 596 g/mol. The molecule has 212 valence electrons. The van der Waals surface area contributed by atoms with Gasteiger partial charge in [0.05, 0.1) is 22.7 Å². The van der Waals surface area contributed by atoms with Crippen LogP contribution in [0.2, 0.25) is 0 Å². The monoisotopic (exact) mass is 595 g/mol. The third-order valence-electron chi connectivity index (χ3n) is 8.91. The van der Waals surface area contributed by atoms with Gasteiger partial charge in [-0.15, -0.1) is 0 Å². The fourth-order valence-electron chi connectivity index (χ4n) is 6.72. The van der Waals surface area contributed by atoms with Gasteiger partial charge in [0, 0.05) is 32.9 Å². The molecule has 0 fully saturated rings. The molecule has 9 aromatic rings. The molecule has 3 aromatic heterocycles. The van der Waals surface area contributed by atoms with Gasteiger partial charge in [0.2, 0.25) is 0 Å². The number of pyridine rings is 2. The van der Waals surface area contributed by atoms with Gasteiger partial charge in [-0.2, -0.15) is 0 Å². The molecule has 0 saturated heterocycles. The van der Waals surface area contributed by atoms with Gasteiger partial charge in [-0.3, -0.25) is 9.38 Å². The molecule has 0 radical (unpaired) electrons. The van der Waals surface area contributed by atoms with Gasteiger partial charge >= 0.3 is 0 Å². The van der Waals surface area contributed by atoms with E-state index in [1.54, 1.807) is 0 Å². The first-order chi connectivity index (χ1) is 22.2. The Labute approximate surface area is 259 Å². The largest absolute Gasteiger partial charge is 0.309 e. The molecule has 0 amide bonds. The van der Waals surface area contributed by atoms with Crippen molar-refractivity contribution in [2.75, 3.05) is 0 Å². The van der Waals surface area contributed by atoms with E-state index in [4.69, 9.17) is 4.98 Å². The minimum absolute atomic E-state index is 0.827. The van der Waals surface area contributed by atoms with E-state index in [2.05, 4.69) is 88.2 Å². The zero-order valence-corrected chi connectivity index (χ0v) is 25.1. The number of rotatable bonds is 4. The minimum Gasteiger partial charge on any atom is -0.309 e. The molecule has 6 aromatic carbocycles. The normalized spacial score (nSPS) is 12.1. The maximum Gasteiger partial charge on any atom is 0.171 e. The number of benzene rings is 6. The fourth-order valence-corrected chi connectivity index (χ4v) is 9.41. The summed E-state index contributed by atoms with van der Waals surface area (Å²) in [4.78, 5) is 9.60. The van der Waals surface area contributed by atoms with Crippen molar-refractivity contribution in [1.82, 2.24) is 14.4 Å². The molecule has 45 heavy (non-hydrogen) atoms. The van der Waals surface area contributed by atoms with Crippen molar-refractivity contribution >= 4 is 72.2 Å². The predicted octanol–water partition coefficient (Wildman–Crippen LogP) is 8.65. The highest BCUT2D eigenvalue weighted by atomic mass is 31.2. The van der Waals surface area contributed by atoms with Crippen LogP contribution in [0.1, 0.15) is 0 Å². The van der Waals surface area contributed by atoms with Crippen LogP contribution in [0.3, 0.4) is 0 Å². The van der Waals surface area contributed by atoms with E-state index in [1.165, 1.54) is 5.39 Å². The third kappa shape index (κ3) is 3.96. The number of hydrogen-bond donors (Lipinski definition) is 0. The molecular weight excluding hydrogens is 569 g/mol. The molecule has 0 saturated carbocycles. The van der Waals surface area contributed by atoms with Crippen molar-refractivity contribution in [2.45, 2.75) is 0 Å². The summed E-state index contributed by atoms with van der Waals surface area (Å²) in [6.45, 7) is 0. The second kappa shape index (κ2) is 9.99. The summed E-state index contributed by atoms with van der Waals surface area (Å²) in [5.74, 6) is 0. The quantitative estimate of drug-likeness (QED) is 0.151. The molecule has 5 heteroatoms. The van der Waals surface area contributed by atoms with Gasteiger partial charge in [0.25, 0.3) is 0 Å². The smallest absolute Gasteiger partial charge is 0.171 e. The molecule has 0 atom stereocenters. The van der Waals surface area contributed by atoms with Gasteiger partial charge in [-0.1, -0.05) is 115 Å². The SMILES string of the molecule is O=P(c1ccccc1)(c1ccccc1)c1ccc2ccc(-c3ccc4c(c3)nc3c5ccccc5c5ccncc5n43)cc2c1. The highest BCUT2D eigenvalue weighted by Gasteiger charge is 2.29. The van der Waals surface area contributed by atoms with Crippen LogP contribution in [-0.2, 0) is 4.57 Å². The zero-order valence-electron chi connectivity index (χ0n) is 24.2. The average Bonchev–Trinajstić information content (AvgIpc) is 3.51. The molecule has 0 aliphatic heterocycles. The lowest BCUT2D eigenvalue weighted by Crippen LogP contribution is -2.24. The molecule has 0 spiro atoms. The first-order valence-electron chi connectivity index (χ1n) is 15.0. The van der Waals surface area contributed by atoms with E-state index in [-0.39, 0.29) is 0 Å². The van der Waals surface area contributed by atoms with E-state index >= 15 is 4.57 Å². The van der Waals surface area contributed by atoms with E-state index in [0.717, 1.165) is 70.8 Å². The Morgan fingerprint density at radius 3 is 1.96 bits per heavy atom. The van der Waals surface area contributed by atoms with Crippen molar-refractivity contribution < 1.29 is 4.57 Å². The molecule has 0 N–H and O–H groups in total. The lowest BCUT2D eigenvalue weighted by molar-refractivity contribution is 0.592. The number of hydrogen-bond acceptors (Lipinski definition) is 3. The second-order valence-electron chi connectivity index (χ2n) is 11.4. The molecule has 3 heterocycles. The van der Waals surface area contributed by atoms with Crippen LogP contribution in [0.4, 0.5) is 0 Å². The lowest BCUT2D eigenvalue weighted by atomic mass is 10.0. The molecular formula is C40H26N3OP. The highest BCUT2D eigenvalue weighted by Crippen LogP contribution is 2.43. The Morgan fingerprint density at radius 1 is 0.511 bits per heavy atom. The van der Waals surface area contributed by atoms with E-state index in [0.29, 0.717) is 0 Å². The van der Waals surface area contributed by atoms with Crippen LogP contribution in [0.5, 0.6) is 0 Å². The summed E-state index contributed by atoms with van der Waals surface area (Å²) in [5, 5.41) is 8.10. The van der Waals surface area contributed by atoms with Crippen LogP contribution in [0.25, 0.3) is 60.3 Å². The Hall–Kier alpha value is -5.57. The number of fused-ring (bicyclic) bond motifs is 9. The maximum atomic E-state index is 15.0. The van der Waals surface area contributed by atoms with Crippen LogP contribution in [-0.4, -0.2) is 14.4 Å². The third-order valence-corrected chi connectivity index (χ3v) is 12.0. The minimum atomic E-state index is -3.08. The molecule has 4 nitrogen and oxygen atoms in total. The molecule has 0 aliphatic rings. The van der Waals surface area contributed by atoms with Crippen molar-refractivity contribution in [1.29, 1.82) is 0 Å².